The number of benzene rings is 1. The zero-order valence-corrected chi connectivity index (χ0v) is 21.0. The van der Waals surface area contributed by atoms with E-state index in [0.717, 1.165) is 54.9 Å². The number of hydrogen-bond donors (Lipinski definition) is 0. The minimum atomic E-state index is -0.382. The fourth-order valence-electron chi connectivity index (χ4n) is 5.09. The van der Waals surface area contributed by atoms with E-state index in [1.165, 1.54) is 5.56 Å². The number of aromatic nitrogens is 3. The van der Waals surface area contributed by atoms with Crippen molar-refractivity contribution in [2.75, 3.05) is 7.05 Å². The van der Waals surface area contributed by atoms with Crippen LogP contribution in [0.4, 0.5) is 0 Å². The highest BCUT2D eigenvalue weighted by atomic mass is 16.2. The van der Waals surface area contributed by atoms with Gasteiger partial charge in [-0.15, -0.1) is 10.2 Å². The Morgan fingerprint density at radius 2 is 1.88 bits per heavy atom. The molecule has 0 bridgehead atoms. The van der Waals surface area contributed by atoms with Crippen molar-refractivity contribution in [3.05, 3.63) is 46.5 Å². The van der Waals surface area contributed by atoms with Crippen LogP contribution in [0.1, 0.15) is 93.3 Å². The van der Waals surface area contributed by atoms with Gasteiger partial charge in [-0.1, -0.05) is 44.5 Å². The summed E-state index contributed by atoms with van der Waals surface area (Å²) in [7, 11) is 1.81. The maximum absolute atomic E-state index is 13.5. The molecule has 1 aromatic heterocycles. The number of likely N-dealkylation sites (tertiary alicyclic amines) is 1. The van der Waals surface area contributed by atoms with Gasteiger partial charge in [0.2, 0.25) is 5.91 Å². The lowest BCUT2D eigenvalue weighted by Crippen LogP contribution is -2.30. The van der Waals surface area contributed by atoms with E-state index in [0.29, 0.717) is 12.5 Å². The topological polar surface area (TPSA) is 68.1 Å². The molecule has 1 aliphatic heterocycles. The Bertz CT molecular complexity index is 1040. The molecule has 2 fully saturated rings. The van der Waals surface area contributed by atoms with Gasteiger partial charge >= 0.3 is 0 Å². The first-order valence-electron chi connectivity index (χ1n) is 12.3. The third-order valence-electron chi connectivity index (χ3n) is 7.16. The molecular weight excluding hydrogens is 412 g/mol. The van der Waals surface area contributed by atoms with Crippen LogP contribution in [0.15, 0.2) is 18.2 Å². The first kappa shape index (κ1) is 23.7. The number of carbonyl (C=O) groups excluding carboxylic acids is 2. The second-order valence-corrected chi connectivity index (χ2v) is 11.3. The molecular formula is C27H38N4O2. The molecule has 2 heterocycles. The lowest BCUT2D eigenvalue weighted by Gasteiger charge is -2.25. The number of amides is 1. The van der Waals surface area contributed by atoms with E-state index in [1.807, 2.05) is 26.1 Å². The largest absolute Gasteiger partial charge is 0.335 e. The summed E-state index contributed by atoms with van der Waals surface area (Å²) in [5.41, 5.74) is 3.64. The Labute approximate surface area is 197 Å². The van der Waals surface area contributed by atoms with Crippen LogP contribution in [0.3, 0.4) is 0 Å². The number of hydrogen-bond acceptors (Lipinski definition) is 4. The number of nitrogens with zero attached hydrogens (tertiary/aromatic N) is 4. The van der Waals surface area contributed by atoms with Crippen LogP contribution >= 0.6 is 0 Å². The molecule has 0 unspecified atom stereocenters. The molecule has 1 saturated heterocycles. The number of Topliss-reactive ketones (excluding diaryl/α,β-unsaturated/α-hetero) is 1. The SMILES string of the molecule is Cc1ccc(CC(=O)[C@H]2CC(=O)N(C)[C@@H]2c2nnc(CCCC(C)(C)C)n2C2CC2)c(C)c1. The van der Waals surface area contributed by atoms with Crippen molar-refractivity contribution in [3.63, 3.8) is 0 Å². The Hall–Kier alpha value is -2.50. The van der Waals surface area contributed by atoms with Crippen molar-refractivity contribution in [1.29, 1.82) is 0 Å². The summed E-state index contributed by atoms with van der Waals surface area (Å²) in [5, 5.41) is 9.16. The Balaban J connectivity index is 1.59. The molecule has 0 radical (unpaired) electrons. The van der Waals surface area contributed by atoms with Gasteiger partial charge in [-0.25, -0.2) is 0 Å². The normalized spacial score (nSPS) is 21.2. The predicted octanol–water partition coefficient (Wildman–Crippen LogP) is 4.93. The standard InChI is InChI=1S/C27H38N4O2/c1-17-9-10-19(18(2)14-17)15-22(32)21-16-24(33)30(6)25(21)26-29-28-23(31(26)20-11-12-20)8-7-13-27(3,4)5/h9-10,14,20-21,25H,7-8,11-13,15-16H2,1-6H3/t21-,25+/m1/s1. The first-order chi connectivity index (χ1) is 15.5. The highest BCUT2D eigenvalue weighted by Crippen LogP contribution is 2.43. The number of carbonyl (C=O) groups is 2. The third kappa shape index (κ3) is 5.20. The molecule has 1 saturated carbocycles. The molecule has 1 aliphatic carbocycles. The Kier molecular flexibility index (Phi) is 6.47. The highest BCUT2D eigenvalue weighted by Gasteiger charge is 2.46. The molecule has 2 aliphatic rings. The van der Waals surface area contributed by atoms with Gasteiger partial charge in [-0.05, 0) is 56.1 Å². The third-order valence-corrected chi connectivity index (χ3v) is 7.16. The minimum Gasteiger partial charge on any atom is -0.335 e. The average molecular weight is 451 g/mol. The fraction of sp³-hybridized carbons (Fsp3) is 0.630. The maximum Gasteiger partial charge on any atom is 0.223 e. The van der Waals surface area contributed by atoms with E-state index >= 15 is 0 Å². The van der Waals surface area contributed by atoms with E-state index in [4.69, 9.17) is 0 Å². The van der Waals surface area contributed by atoms with Crippen molar-refractivity contribution in [2.45, 2.75) is 91.6 Å². The van der Waals surface area contributed by atoms with Crippen molar-refractivity contribution >= 4 is 11.7 Å². The van der Waals surface area contributed by atoms with Gasteiger partial charge in [0.25, 0.3) is 0 Å². The molecule has 6 heteroatoms. The summed E-state index contributed by atoms with van der Waals surface area (Å²) in [6.45, 7) is 10.9. The van der Waals surface area contributed by atoms with E-state index in [1.54, 1.807) is 4.90 Å². The summed E-state index contributed by atoms with van der Waals surface area (Å²) in [6.07, 6.45) is 5.89. The van der Waals surface area contributed by atoms with Gasteiger partial charge in [0, 0.05) is 32.4 Å². The molecule has 0 spiro atoms. The van der Waals surface area contributed by atoms with Crippen LogP contribution < -0.4 is 0 Å². The van der Waals surface area contributed by atoms with E-state index in [9.17, 15) is 9.59 Å². The van der Waals surface area contributed by atoms with Gasteiger partial charge in [-0.3, -0.25) is 9.59 Å². The van der Waals surface area contributed by atoms with Gasteiger partial charge in [0.15, 0.2) is 5.82 Å². The molecule has 6 nitrogen and oxygen atoms in total. The molecule has 2 aromatic rings. The molecule has 1 amide bonds. The second-order valence-electron chi connectivity index (χ2n) is 11.3. The number of aryl methyl sites for hydroxylation is 3. The van der Waals surface area contributed by atoms with Crippen LogP contribution in [0.5, 0.6) is 0 Å². The van der Waals surface area contributed by atoms with Crippen molar-refractivity contribution in [2.24, 2.45) is 11.3 Å². The fourth-order valence-corrected chi connectivity index (χ4v) is 5.09. The van der Waals surface area contributed by atoms with Gasteiger partial charge in [0.05, 0.1) is 5.92 Å². The lowest BCUT2D eigenvalue weighted by molar-refractivity contribution is -0.128. The number of ketones is 1. The second kappa shape index (κ2) is 9.03. The van der Waals surface area contributed by atoms with Crippen molar-refractivity contribution in [1.82, 2.24) is 19.7 Å². The average Bonchev–Trinajstić information content (AvgIpc) is 3.41. The van der Waals surface area contributed by atoms with Gasteiger partial charge in [0.1, 0.15) is 17.6 Å². The van der Waals surface area contributed by atoms with Crippen LogP contribution in [-0.2, 0) is 22.4 Å². The molecule has 33 heavy (non-hydrogen) atoms. The Morgan fingerprint density at radius 1 is 1.15 bits per heavy atom. The highest BCUT2D eigenvalue weighted by molar-refractivity contribution is 5.92. The Morgan fingerprint density at radius 3 is 2.52 bits per heavy atom. The smallest absolute Gasteiger partial charge is 0.223 e. The summed E-state index contributed by atoms with van der Waals surface area (Å²) < 4.78 is 2.26. The molecule has 1 aromatic carbocycles. The van der Waals surface area contributed by atoms with E-state index < -0.39 is 0 Å². The van der Waals surface area contributed by atoms with Crippen molar-refractivity contribution < 1.29 is 9.59 Å². The summed E-state index contributed by atoms with van der Waals surface area (Å²) in [6, 6.07) is 6.27. The maximum atomic E-state index is 13.5. The number of rotatable bonds is 8. The molecule has 178 valence electrons. The van der Waals surface area contributed by atoms with E-state index in [2.05, 4.69) is 48.5 Å². The van der Waals surface area contributed by atoms with Gasteiger partial charge < -0.3 is 9.47 Å². The monoisotopic (exact) mass is 450 g/mol. The van der Waals surface area contributed by atoms with Gasteiger partial charge in [-0.2, -0.15) is 0 Å². The van der Waals surface area contributed by atoms with Crippen LogP contribution in [0.2, 0.25) is 0 Å². The van der Waals surface area contributed by atoms with Crippen LogP contribution in [0.25, 0.3) is 0 Å². The quantitative estimate of drug-likeness (QED) is 0.572. The zero-order chi connectivity index (χ0) is 23.9. The zero-order valence-electron chi connectivity index (χ0n) is 21.0. The molecule has 4 rings (SSSR count). The summed E-state index contributed by atoms with van der Waals surface area (Å²) in [4.78, 5) is 27.9. The minimum absolute atomic E-state index is 0.0126. The van der Waals surface area contributed by atoms with Crippen LogP contribution in [-0.4, -0.2) is 38.4 Å². The van der Waals surface area contributed by atoms with E-state index in [-0.39, 0.29) is 35.5 Å². The molecule has 2 atom stereocenters. The predicted molar refractivity (Wildman–Crippen MR) is 129 cm³/mol. The lowest BCUT2D eigenvalue weighted by atomic mass is 9.89. The van der Waals surface area contributed by atoms with Crippen LogP contribution in [0, 0.1) is 25.2 Å². The summed E-state index contributed by atoms with van der Waals surface area (Å²) >= 11 is 0. The molecule has 0 N–H and O–H groups in total. The first-order valence-corrected chi connectivity index (χ1v) is 12.3. The van der Waals surface area contributed by atoms with Crippen molar-refractivity contribution in [3.8, 4) is 0 Å². The summed E-state index contributed by atoms with van der Waals surface area (Å²) in [5.74, 6) is 1.55.